The van der Waals surface area contributed by atoms with Crippen molar-refractivity contribution in [3.05, 3.63) is 0 Å². The van der Waals surface area contributed by atoms with Gasteiger partial charge >= 0.3 is 0 Å². The summed E-state index contributed by atoms with van der Waals surface area (Å²) in [6.07, 6.45) is 0.928. The second-order valence-corrected chi connectivity index (χ2v) is 6.14. The van der Waals surface area contributed by atoms with E-state index < -0.39 is 10.0 Å². The van der Waals surface area contributed by atoms with E-state index >= 15 is 0 Å². The van der Waals surface area contributed by atoms with Crippen LogP contribution >= 0.6 is 0 Å². The molecule has 0 aliphatic carbocycles. The molecular weight excluding hydrogens is 200 g/mol. The van der Waals surface area contributed by atoms with Crippen molar-refractivity contribution in [1.29, 1.82) is 0 Å². The van der Waals surface area contributed by atoms with E-state index in [2.05, 4.69) is 23.5 Å². The van der Waals surface area contributed by atoms with Crippen molar-refractivity contribution in [2.75, 3.05) is 18.8 Å². The van der Waals surface area contributed by atoms with Gasteiger partial charge in [0.25, 0.3) is 0 Å². The monoisotopic (exact) mass is 220 g/mol. The maximum atomic E-state index is 11.3. The zero-order valence-electron chi connectivity index (χ0n) is 9.16. The zero-order chi connectivity index (χ0) is 10.8. The lowest BCUT2D eigenvalue weighted by Crippen LogP contribution is -2.39. The fourth-order valence-electron chi connectivity index (χ4n) is 1.69. The highest BCUT2D eigenvalue weighted by molar-refractivity contribution is 7.89. The number of nitrogens with zero attached hydrogens (tertiary/aromatic N) is 1. The van der Waals surface area contributed by atoms with Crippen LogP contribution in [0.1, 0.15) is 27.2 Å². The van der Waals surface area contributed by atoms with Crippen LogP contribution in [0.15, 0.2) is 0 Å². The molecule has 0 spiro atoms. The summed E-state index contributed by atoms with van der Waals surface area (Å²) >= 11 is 0. The molecule has 1 rings (SSSR count). The number of sulfonamides is 1. The quantitative estimate of drug-likeness (QED) is 0.746. The van der Waals surface area contributed by atoms with Crippen molar-refractivity contribution in [3.8, 4) is 0 Å². The Labute approximate surface area is 86.7 Å². The Morgan fingerprint density at radius 2 is 2.14 bits per heavy atom. The Morgan fingerprint density at radius 3 is 2.57 bits per heavy atom. The predicted molar refractivity (Wildman–Crippen MR) is 57.7 cm³/mol. The van der Waals surface area contributed by atoms with Gasteiger partial charge in [0.05, 0.1) is 5.75 Å². The molecule has 1 aliphatic rings. The molecule has 5 heteroatoms. The van der Waals surface area contributed by atoms with Crippen molar-refractivity contribution in [2.45, 2.75) is 39.3 Å². The summed E-state index contributed by atoms with van der Waals surface area (Å²) in [5.74, 6) is 0.172. The van der Waals surface area contributed by atoms with Crippen molar-refractivity contribution in [3.63, 3.8) is 0 Å². The van der Waals surface area contributed by atoms with Crippen LogP contribution in [0.2, 0.25) is 0 Å². The Bertz CT molecular complexity index is 275. The minimum Gasteiger partial charge on any atom is -0.299 e. The first-order valence-corrected chi connectivity index (χ1v) is 6.84. The molecule has 1 fully saturated rings. The second kappa shape index (κ2) is 4.59. The highest BCUT2D eigenvalue weighted by Crippen LogP contribution is 2.12. The maximum absolute atomic E-state index is 11.3. The van der Waals surface area contributed by atoms with Gasteiger partial charge < -0.3 is 0 Å². The first kappa shape index (κ1) is 11.9. The molecule has 0 saturated carbocycles. The summed E-state index contributed by atoms with van der Waals surface area (Å²) in [6.45, 7) is 7.77. The van der Waals surface area contributed by atoms with Gasteiger partial charge in [-0.15, -0.1) is 0 Å². The van der Waals surface area contributed by atoms with Gasteiger partial charge in [0.2, 0.25) is 10.0 Å². The smallest absolute Gasteiger partial charge is 0.211 e. The van der Waals surface area contributed by atoms with Gasteiger partial charge in [0.1, 0.15) is 0 Å². The highest BCUT2D eigenvalue weighted by atomic mass is 32.2. The third-order valence-corrected chi connectivity index (χ3v) is 4.13. The molecule has 1 heterocycles. The average molecular weight is 220 g/mol. The molecule has 1 atom stereocenters. The Hall–Kier alpha value is -0.130. The Kier molecular flexibility index (Phi) is 3.92. The summed E-state index contributed by atoms with van der Waals surface area (Å²) in [5, 5.41) is 0. The SMILES string of the molecule is CCS(=O)(=O)N[C@@H]1CCN(C(C)C)C1. The van der Waals surface area contributed by atoms with Gasteiger partial charge in [-0.2, -0.15) is 0 Å². The van der Waals surface area contributed by atoms with Crippen LogP contribution in [0.4, 0.5) is 0 Å². The standard InChI is InChI=1S/C9H20N2O2S/c1-4-14(12,13)10-9-5-6-11(7-9)8(2)3/h8-10H,4-7H2,1-3H3/t9-/m1/s1. The third-order valence-electron chi connectivity index (χ3n) is 2.68. The zero-order valence-corrected chi connectivity index (χ0v) is 9.97. The van der Waals surface area contributed by atoms with Crippen molar-refractivity contribution in [1.82, 2.24) is 9.62 Å². The molecule has 0 aromatic carbocycles. The molecule has 14 heavy (non-hydrogen) atoms. The maximum Gasteiger partial charge on any atom is 0.211 e. The van der Waals surface area contributed by atoms with Gasteiger partial charge in [-0.05, 0) is 27.2 Å². The molecule has 0 amide bonds. The number of hydrogen-bond donors (Lipinski definition) is 1. The minimum atomic E-state index is -3.03. The average Bonchev–Trinajstić information content (AvgIpc) is 2.52. The van der Waals surface area contributed by atoms with Crippen LogP contribution in [0.3, 0.4) is 0 Å². The molecular formula is C9H20N2O2S. The summed E-state index contributed by atoms with van der Waals surface area (Å²) in [6, 6.07) is 0.619. The Morgan fingerprint density at radius 1 is 1.50 bits per heavy atom. The van der Waals surface area contributed by atoms with Crippen LogP contribution in [0.25, 0.3) is 0 Å². The van der Waals surface area contributed by atoms with Gasteiger partial charge in [0.15, 0.2) is 0 Å². The van der Waals surface area contributed by atoms with Crippen molar-refractivity contribution < 1.29 is 8.42 Å². The number of nitrogens with one attached hydrogen (secondary N) is 1. The summed E-state index contributed by atoms with van der Waals surface area (Å²) in [4.78, 5) is 2.29. The number of likely N-dealkylation sites (tertiary alicyclic amines) is 1. The number of rotatable bonds is 4. The molecule has 0 bridgehead atoms. The lowest BCUT2D eigenvalue weighted by atomic mass is 10.3. The van der Waals surface area contributed by atoms with Gasteiger partial charge in [0, 0.05) is 25.2 Å². The first-order chi connectivity index (χ1) is 6.44. The fraction of sp³-hybridized carbons (Fsp3) is 1.00. The van der Waals surface area contributed by atoms with Crippen molar-refractivity contribution >= 4 is 10.0 Å². The van der Waals surface area contributed by atoms with E-state index in [-0.39, 0.29) is 11.8 Å². The van der Waals surface area contributed by atoms with Gasteiger partial charge in [-0.25, -0.2) is 13.1 Å². The minimum absolute atomic E-state index is 0.113. The van der Waals surface area contributed by atoms with E-state index in [1.807, 2.05) is 0 Å². The lowest BCUT2D eigenvalue weighted by Gasteiger charge is -2.20. The molecule has 0 aromatic heterocycles. The van der Waals surface area contributed by atoms with Crippen molar-refractivity contribution in [2.24, 2.45) is 0 Å². The third kappa shape index (κ3) is 3.22. The molecule has 1 N–H and O–H groups in total. The van der Waals surface area contributed by atoms with Crippen LogP contribution in [0, 0.1) is 0 Å². The van der Waals surface area contributed by atoms with E-state index in [1.54, 1.807) is 6.92 Å². The molecule has 4 nitrogen and oxygen atoms in total. The van der Waals surface area contributed by atoms with Gasteiger partial charge in [-0.1, -0.05) is 0 Å². The first-order valence-electron chi connectivity index (χ1n) is 5.18. The molecule has 0 aromatic rings. The fourth-order valence-corrected chi connectivity index (χ4v) is 2.56. The lowest BCUT2D eigenvalue weighted by molar-refractivity contribution is 0.271. The topological polar surface area (TPSA) is 49.4 Å². The number of hydrogen-bond acceptors (Lipinski definition) is 3. The van der Waals surface area contributed by atoms with E-state index in [9.17, 15) is 8.42 Å². The normalized spacial score (nSPS) is 24.7. The van der Waals surface area contributed by atoms with Crippen LogP contribution in [0.5, 0.6) is 0 Å². The van der Waals surface area contributed by atoms with Crippen LogP contribution < -0.4 is 4.72 Å². The van der Waals surface area contributed by atoms with Crippen LogP contribution in [-0.2, 0) is 10.0 Å². The summed E-state index contributed by atoms with van der Waals surface area (Å²) in [7, 11) is -3.03. The Balaban J connectivity index is 2.44. The largest absolute Gasteiger partial charge is 0.299 e. The summed E-state index contributed by atoms with van der Waals surface area (Å²) in [5.41, 5.74) is 0. The molecule has 0 radical (unpaired) electrons. The van der Waals surface area contributed by atoms with Crippen LogP contribution in [-0.4, -0.2) is 44.2 Å². The molecule has 84 valence electrons. The van der Waals surface area contributed by atoms with E-state index in [0.717, 1.165) is 19.5 Å². The predicted octanol–water partition coefficient (Wildman–Crippen LogP) is 0.408. The van der Waals surface area contributed by atoms with E-state index in [0.29, 0.717) is 6.04 Å². The van der Waals surface area contributed by atoms with E-state index in [4.69, 9.17) is 0 Å². The van der Waals surface area contributed by atoms with Gasteiger partial charge in [-0.3, -0.25) is 4.90 Å². The second-order valence-electron chi connectivity index (χ2n) is 4.10. The van der Waals surface area contributed by atoms with E-state index in [1.165, 1.54) is 0 Å². The molecule has 1 aliphatic heterocycles. The molecule has 0 unspecified atom stereocenters. The summed E-state index contributed by atoms with van der Waals surface area (Å²) < 4.78 is 25.3. The molecule has 1 saturated heterocycles. The highest BCUT2D eigenvalue weighted by Gasteiger charge is 2.26.